The van der Waals surface area contributed by atoms with Gasteiger partial charge in [-0.05, 0) is 44.9 Å². The second-order valence-electron chi connectivity index (χ2n) is 18.6. The standard InChI is InChI=1S/C50H89NO18/c1-3-5-7-9-11-13-15-16-18-19-21-23-25-27-34(55)33(51-38(56)28-26-24-22-20-17-14-12-10-8-6-4-2)32-64-48-44(62)41(59)46(36(30-53)66-48)69-50-45(63)42(60)47(37(31-54)67-50)68-49-43(61)40(58)39(57)35(29-52)65-49/h11,13,18-19,25,27,33-37,39-50,52-55,57-63H,3-10,12,14-17,20-24,26,28-32H2,1-2H3,(H,51,56)/b13-11+,19-18+,27-25+. The van der Waals surface area contributed by atoms with E-state index in [9.17, 15) is 61.0 Å². The van der Waals surface area contributed by atoms with Crippen LogP contribution < -0.4 is 5.32 Å². The third-order valence-corrected chi connectivity index (χ3v) is 12.9. The maximum atomic E-state index is 13.2. The molecule has 19 nitrogen and oxygen atoms in total. The minimum atomic E-state index is -1.98. The highest BCUT2D eigenvalue weighted by atomic mass is 16.8. The fourth-order valence-electron chi connectivity index (χ4n) is 8.57. The molecule has 0 aromatic heterocycles. The Morgan fingerprint density at radius 1 is 0.507 bits per heavy atom. The molecule has 3 aliphatic heterocycles. The molecule has 0 radical (unpaired) electrons. The van der Waals surface area contributed by atoms with Gasteiger partial charge in [0.2, 0.25) is 5.91 Å². The van der Waals surface area contributed by atoms with Crippen molar-refractivity contribution in [3.05, 3.63) is 36.5 Å². The number of unbranched alkanes of at least 4 members (excludes halogenated alkanes) is 15. The van der Waals surface area contributed by atoms with E-state index < -0.39 is 124 Å². The van der Waals surface area contributed by atoms with Crippen LogP contribution in [-0.2, 0) is 33.2 Å². The van der Waals surface area contributed by atoms with Gasteiger partial charge in [-0.1, -0.05) is 127 Å². The van der Waals surface area contributed by atoms with Gasteiger partial charge >= 0.3 is 0 Å². The molecule has 17 atom stereocenters. The smallest absolute Gasteiger partial charge is 0.220 e. The minimum absolute atomic E-state index is 0.233. The zero-order valence-corrected chi connectivity index (χ0v) is 41.0. The largest absolute Gasteiger partial charge is 0.394 e. The van der Waals surface area contributed by atoms with Gasteiger partial charge in [0.05, 0.1) is 38.6 Å². The van der Waals surface area contributed by atoms with Gasteiger partial charge in [-0.3, -0.25) is 4.79 Å². The average molecular weight is 992 g/mol. The summed E-state index contributed by atoms with van der Waals surface area (Å²) in [5, 5.41) is 119. The number of hydrogen-bond acceptors (Lipinski definition) is 18. The summed E-state index contributed by atoms with van der Waals surface area (Å²) in [5.74, 6) is -0.295. The van der Waals surface area contributed by atoms with Crippen molar-refractivity contribution < 1.29 is 89.4 Å². The maximum absolute atomic E-state index is 13.2. The normalized spacial score (nSPS) is 33.1. The molecule has 3 heterocycles. The van der Waals surface area contributed by atoms with Crippen molar-refractivity contribution in [3.63, 3.8) is 0 Å². The van der Waals surface area contributed by atoms with Gasteiger partial charge in [-0.15, -0.1) is 0 Å². The Balaban J connectivity index is 1.59. The molecular weight excluding hydrogens is 903 g/mol. The van der Waals surface area contributed by atoms with Crippen LogP contribution in [0.1, 0.15) is 142 Å². The molecule has 0 aromatic carbocycles. The van der Waals surface area contributed by atoms with Gasteiger partial charge in [-0.2, -0.15) is 0 Å². The molecule has 1 amide bonds. The zero-order valence-electron chi connectivity index (χ0n) is 41.0. The summed E-state index contributed by atoms with van der Waals surface area (Å²) in [5.41, 5.74) is 0. The van der Waals surface area contributed by atoms with Crippen molar-refractivity contribution in [2.45, 2.75) is 247 Å². The number of amides is 1. The molecule has 3 fully saturated rings. The highest BCUT2D eigenvalue weighted by Gasteiger charge is 2.53. The lowest BCUT2D eigenvalue weighted by molar-refractivity contribution is -0.379. The summed E-state index contributed by atoms with van der Waals surface area (Å²) in [4.78, 5) is 13.2. The summed E-state index contributed by atoms with van der Waals surface area (Å²) in [6, 6.07) is -0.989. The summed E-state index contributed by atoms with van der Waals surface area (Å²) < 4.78 is 34.0. The molecule has 3 aliphatic rings. The Kier molecular flexibility index (Phi) is 31.3. The van der Waals surface area contributed by atoms with E-state index in [2.05, 4.69) is 43.5 Å². The van der Waals surface area contributed by atoms with E-state index in [1.807, 2.05) is 6.08 Å². The first-order chi connectivity index (χ1) is 33.3. The molecule has 17 unspecified atom stereocenters. The van der Waals surface area contributed by atoms with Crippen LogP contribution in [0, 0.1) is 0 Å². The van der Waals surface area contributed by atoms with E-state index in [4.69, 9.17) is 28.4 Å². The Morgan fingerprint density at radius 3 is 1.45 bits per heavy atom. The third-order valence-electron chi connectivity index (χ3n) is 12.9. The van der Waals surface area contributed by atoms with E-state index in [1.54, 1.807) is 6.08 Å². The topological polar surface area (TPSA) is 307 Å². The van der Waals surface area contributed by atoms with E-state index >= 15 is 0 Å². The van der Waals surface area contributed by atoms with E-state index in [1.165, 1.54) is 64.2 Å². The average Bonchev–Trinajstić information content (AvgIpc) is 3.34. The second kappa shape index (κ2) is 35.2. The number of rotatable bonds is 35. The van der Waals surface area contributed by atoms with Crippen LogP contribution in [0.3, 0.4) is 0 Å². The highest BCUT2D eigenvalue weighted by molar-refractivity contribution is 5.76. The van der Waals surface area contributed by atoms with Gasteiger partial charge in [0.15, 0.2) is 18.9 Å². The number of hydrogen-bond donors (Lipinski definition) is 12. The third kappa shape index (κ3) is 21.2. The Bertz CT molecular complexity index is 1420. The number of nitrogens with one attached hydrogen (secondary N) is 1. The van der Waals surface area contributed by atoms with Crippen LogP contribution in [0.5, 0.6) is 0 Å². The summed E-state index contributed by atoms with van der Waals surface area (Å²) in [6.45, 7) is 1.60. The number of carbonyl (C=O) groups is 1. The van der Waals surface area contributed by atoms with Crippen molar-refractivity contribution in [2.24, 2.45) is 0 Å². The van der Waals surface area contributed by atoms with Gasteiger partial charge in [0.1, 0.15) is 73.2 Å². The Morgan fingerprint density at radius 2 is 0.928 bits per heavy atom. The molecule has 402 valence electrons. The monoisotopic (exact) mass is 992 g/mol. The predicted molar refractivity (Wildman–Crippen MR) is 254 cm³/mol. The first-order valence-corrected chi connectivity index (χ1v) is 25.7. The second-order valence-corrected chi connectivity index (χ2v) is 18.6. The highest BCUT2D eigenvalue weighted by Crippen LogP contribution is 2.33. The molecule has 0 aliphatic carbocycles. The molecule has 0 spiro atoms. The molecule has 19 heteroatoms. The van der Waals surface area contributed by atoms with Crippen molar-refractivity contribution >= 4 is 5.91 Å². The first kappa shape index (κ1) is 61.3. The predicted octanol–water partition coefficient (Wildman–Crippen LogP) is 1.81. The summed E-state index contributed by atoms with van der Waals surface area (Å²) >= 11 is 0. The SMILES string of the molecule is CCCCC/C=C/CC/C=C/CC/C=C/C(O)C(COC1OC(CO)C(OC2OC(CO)C(OC3OC(CO)C(O)C(O)C3O)C(O)C2O)C(O)C1O)NC(=O)CCCCCCCCCCCCC. The van der Waals surface area contributed by atoms with Crippen molar-refractivity contribution in [2.75, 3.05) is 26.4 Å². The van der Waals surface area contributed by atoms with Crippen LogP contribution in [0.2, 0.25) is 0 Å². The minimum Gasteiger partial charge on any atom is -0.394 e. The fraction of sp³-hybridized carbons (Fsp3) is 0.860. The lowest BCUT2D eigenvalue weighted by Crippen LogP contribution is -2.66. The van der Waals surface area contributed by atoms with Crippen LogP contribution in [0.4, 0.5) is 0 Å². The van der Waals surface area contributed by atoms with E-state index in [0.29, 0.717) is 12.8 Å². The lowest BCUT2D eigenvalue weighted by atomic mass is 9.96. The van der Waals surface area contributed by atoms with Crippen LogP contribution in [0.15, 0.2) is 36.5 Å². The number of ether oxygens (including phenoxy) is 6. The van der Waals surface area contributed by atoms with Crippen molar-refractivity contribution in [1.29, 1.82) is 0 Å². The van der Waals surface area contributed by atoms with E-state index in [-0.39, 0.29) is 18.9 Å². The first-order valence-electron chi connectivity index (χ1n) is 25.7. The van der Waals surface area contributed by atoms with Gasteiger partial charge in [0, 0.05) is 6.42 Å². The fourth-order valence-corrected chi connectivity index (χ4v) is 8.57. The summed E-state index contributed by atoms with van der Waals surface area (Å²) in [7, 11) is 0. The number of aliphatic hydroxyl groups excluding tert-OH is 11. The van der Waals surface area contributed by atoms with Crippen LogP contribution in [-0.4, -0.2) is 193 Å². The number of aliphatic hydroxyl groups is 11. The maximum Gasteiger partial charge on any atom is 0.220 e. The molecule has 3 saturated heterocycles. The number of allylic oxidation sites excluding steroid dienone is 5. The molecule has 0 aromatic rings. The lowest BCUT2D eigenvalue weighted by Gasteiger charge is -2.48. The van der Waals surface area contributed by atoms with Gasteiger partial charge in [0.25, 0.3) is 0 Å². The van der Waals surface area contributed by atoms with Crippen LogP contribution >= 0.6 is 0 Å². The van der Waals surface area contributed by atoms with Gasteiger partial charge in [-0.25, -0.2) is 0 Å². The zero-order chi connectivity index (χ0) is 50.6. The number of carbonyl (C=O) groups excluding carboxylic acids is 1. The van der Waals surface area contributed by atoms with Crippen molar-refractivity contribution in [1.82, 2.24) is 5.32 Å². The Hall–Kier alpha value is -1.99. The molecular formula is C50H89NO18. The molecule has 12 N–H and O–H groups in total. The quantitative estimate of drug-likeness (QED) is 0.0318. The molecule has 0 bridgehead atoms. The molecule has 69 heavy (non-hydrogen) atoms. The van der Waals surface area contributed by atoms with Gasteiger partial charge < -0.3 is 89.9 Å². The van der Waals surface area contributed by atoms with E-state index in [0.717, 1.165) is 44.9 Å². The molecule has 3 rings (SSSR count). The van der Waals surface area contributed by atoms with Crippen molar-refractivity contribution in [3.8, 4) is 0 Å². The summed E-state index contributed by atoms with van der Waals surface area (Å²) in [6.07, 6.45) is 5.85. The van der Waals surface area contributed by atoms with Crippen LogP contribution in [0.25, 0.3) is 0 Å². The Labute approximate surface area is 409 Å². The molecule has 0 saturated carbocycles.